The van der Waals surface area contributed by atoms with Crippen molar-refractivity contribution in [1.82, 2.24) is 5.32 Å². The SMILES string of the molecule is CCC(CC)(CCl)CNC(=O)C1COCCO1. The van der Waals surface area contributed by atoms with Crippen molar-refractivity contribution in [3.05, 3.63) is 0 Å². The first-order valence-electron chi connectivity index (χ1n) is 6.20. The molecule has 0 radical (unpaired) electrons. The van der Waals surface area contributed by atoms with Gasteiger partial charge in [-0.25, -0.2) is 0 Å². The number of alkyl halides is 1. The molecule has 1 rings (SSSR count). The van der Waals surface area contributed by atoms with Crippen LogP contribution in [0.4, 0.5) is 0 Å². The number of hydrogen-bond acceptors (Lipinski definition) is 3. The Balaban J connectivity index is 2.40. The maximum atomic E-state index is 11.8. The Kier molecular flexibility index (Phi) is 6.23. The quantitative estimate of drug-likeness (QED) is 0.740. The summed E-state index contributed by atoms with van der Waals surface area (Å²) in [4.78, 5) is 11.8. The first kappa shape index (κ1) is 14.7. The molecule has 0 spiro atoms. The summed E-state index contributed by atoms with van der Waals surface area (Å²) in [5.41, 5.74) is -0.00720. The summed E-state index contributed by atoms with van der Waals surface area (Å²) < 4.78 is 10.5. The van der Waals surface area contributed by atoms with E-state index in [0.29, 0.717) is 32.2 Å². The van der Waals surface area contributed by atoms with Gasteiger partial charge in [0.15, 0.2) is 6.10 Å². The molecule has 1 atom stereocenters. The average molecular weight is 264 g/mol. The maximum absolute atomic E-state index is 11.8. The minimum atomic E-state index is -0.467. The van der Waals surface area contributed by atoms with Gasteiger partial charge in [-0.05, 0) is 12.8 Å². The van der Waals surface area contributed by atoms with E-state index in [1.807, 2.05) is 0 Å². The van der Waals surface area contributed by atoms with Crippen molar-refractivity contribution in [2.45, 2.75) is 32.8 Å². The van der Waals surface area contributed by atoms with Crippen molar-refractivity contribution in [2.75, 3.05) is 32.2 Å². The van der Waals surface area contributed by atoms with E-state index >= 15 is 0 Å². The van der Waals surface area contributed by atoms with Crippen LogP contribution in [-0.4, -0.2) is 44.3 Å². The molecule has 4 nitrogen and oxygen atoms in total. The van der Waals surface area contributed by atoms with Crippen LogP contribution in [0.15, 0.2) is 0 Å². The average Bonchev–Trinajstić information content (AvgIpc) is 2.41. The second-order valence-electron chi connectivity index (χ2n) is 4.49. The van der Waals surface area contributed by atoms with Crippen molar-refractivity contribution in [3.63, 3.8) is 0 Å². The number of carbonyl (C=O) groups is 1. The van der Waals surface area contributed by atoms with Crippen molar-refractivity contribution in [1.29, 1.82) is 0 Å². The predicted molar refractivity (Wildman–Crippen MR) is 67.3 cm³/mol. The Labute approximate surface area is 108 Å². The van der Waals surface area contributed by atoms with Gasteiger partial charge in [0.25, 0.3) is 5.91 Å². The van der Waals surface area contributed by atoms with Gasteiger partial charge in [-0.3, -0.25) is 4.79 Å². The summed E-state index contributed by atoms with van der Waals surface area (Å²) in [6, 6.07) is 0. The highest BCUT2D eigenvalue weighted by molar-refractivity contribution is 6.18. The van der Waals surface area contributed by atoms with Crippen molar-refractivity contribution in [2.24, 2.45) is 5.41 Å². The molecule has 1 heterocycles. The molecular weight excluding hydrogens is 242 g/mol. The van der Waals surface area contributed by atoms with E-state index in [2.05, 4.69) is 19.2 Å². The largest absolute Gasteiger partial charge is 0.376 e. The van der Waals surface area contributed by atoms with E-state index in [0.717, 1.165) is 12.8 Å². The highest BCUT2D eigenvalue weighted by Crippen LogP contribution is 2.26. The number of nitrogens with one attached hydrogen (secondary N) is 1. The highest BCUT2D eigenvalue weighted by Gasteiger charge is 2.28. The van der Waals surface area contributed by atoms with Crippen LogP contribution in [0.1, 0.15) is 26.7 Å². The molecular formula is C12H22ClNO3. The molecule has 1 unspecified atom stereocenters. The van der Waals surface area contributed by atoms with E-state index in [9.17, 15) is 4.79 Å². The van der Waals surface area contributed by atoms with Gasteiger partial charge in [0.2, 0.25) is 0 Å². The molecule has 17 heavy (non-hydrogen) atoms. The molecule has 1 fully saturated rings. The van der Waals surface area contributed by atoms with Gasteiger partial charge < -0.3 is 14.8 Å². The minimum Gasteiger partial charge on any atom is -0.376 e. The molecule has 1 saturated heterocycles. The first-order valence-corrected chi connectivity index (χ1v) is 6.74. The molecule has 0 aliphatic carbocycles. The molecule has 0 aromatic heterocycles. The normalized spacial score (nSPS) is 21.2. The number of hydrogen-bond donors (Lipinski definition) is 1. The third-order valence-corrected chi connectivity index (χ3v) is 4.10. The molecule has 0 saturated carbocycles. The first-order chi connectivity index (χ1) is 8.17. The standard InChI is InChI=1S/C12H22ClNO3/c1-3-12(4-2,8-13)9-14-11(15)10-7-16-5-6-17-10/h10H,3-9H2,1-2H3,(H,14,15). The Hall–Kier alpha value is -0.320. The number of amides is 1. The number of halogens is 1. The smallest absolute Gasteiger partial charge is 0.251 e. The predicted octanol–water partition coefficient (Wildman–Crippen LogP) is 1.56. The summed E-state index contributed by atoms with van der Waals surface area (Å²) >= 11 is 5.99. The van der Waals surface area contributed by atoms with Crippen LogP contribution in [0.5, 0.6) is 0 Å². The van der Waals surface area contributed by atoms with E-state index in [-0.39, 0.29) is 11.3 Å². The second-order valence-corrected chi connectivity index (χ2v) is 4.76. The second kappa shape index (κ2) is 7.19. The Morgan fingerprint density at radius 1 is 1.41 bits per heavy atom. The van der Waals surface area contributed by atoms with Crippen molar-refractivity contribution in [3.8, 4) is 0 Å². The Morgan fingerprint density at radius 2 is 2.12 bits per heavy atom. The maximum Gasteiger partial charge on any atom is 0.251 e. The van der Waals surface area contributed by atoms with E-state index in [4.69, 9.17) is 21.1 Å². The van der Waals surface area contributed by atoms with Gasteiger partial charge >= 0.3 is 0 Å². The van der Waals surface area contributed by atoms with Crippen molar-refractivity contribution >= 4 is 17.5 Å². The van der Waals surface area contributed by atoms with Gasteiger partial charge in [0, 0.05) is 17.8 Å². The van der Waals surface area contributed by atoms with Crippen LogP contribution in [0.3, 0.4) is 0 Å². The van der Waals surface area contributed by atoms with Crippen LogP contribution >= 0.6 is 11.6 Å². The molecule has 5 heteroatoms. The van der Waals surface area contributed by atoms with E-state index in [1.165, 1.54) is 0 Å². The zero-order valence-corrected chi connectivity index (χ0v) is 11.4. The lowest BCUT2D eigenvalue weighted by molar-refractivity contribution is -0.147. The van der Waals surface area contributed by atoms with Gasteiger partial charge in [0.05, 0.1) is 19.8 Å². The fourth-order valence-electron chi connectivity index (χ4n) is 1.76. The number of ether oxygens (including phenoxy) is 2. The van der Waals surface area contributed by atoms with E-state index < -0.39 is 6.10 Å². The lowest BCUT2D eigenvalue weighted by Crippen LogP contribution is -2.46. The molecule has 1 amide bonds. The van der Waals surface area contributed by atoms with Gasteiger partial charge in [-0.2, -0.15) is 0 Å². The zero-order valence-electron chi connectivity index (χ0n) is 10.6. The molecule has 1 N–H and O–H groups in total. The summed E-state index contributed by atoms with van der Waals surface area (Å²) in [6.07, 6.45) is 1.44. The third kappa shape index (κ3) is 4.12. The fraction of sp³-hybridized carbons (Fsp3) is 0.917. The van der Waals surface area contributed by atoms with Crippen LogP contribution in [-0.2, 0) is 14.3 Å². The molecule has 0 aromatic rings. The summed E-state index contributed by atoms with van der Waals surface area (Å²) in [5, 5.41) is 2.92. The summed E-state index contributed by atoms with van der Waals surface area (Å²) in [7, 11) is 0. The highest BCUT2D eigenvalue weighted by atomic mass is 35.5. The van der Waals surface area contributed by atoms with Gasteiger partial charge in [-0.15, -0.1) is 11.6 Å². The third-order valence-electron chi connectivity index (χ3n) is 3.53. The summed E-state index contributed by atoms with van der Waals surface area (Å²) in [5.74, 6) is 0.462. The molecule has 100 valence electrons. The molecule has 0 aromatic carbocycles. The molecule has 0 bridgehead atoms. The Morgan fingerprint density at radius 3 is 2.59 bits per heavy atom. The lowest BCUT2D eigenvalue weighted by Gasteiger charge is -2.30. The minimum absolute atomic E-state index is 0.00720. The number of rotatable bonds is 6. The van der Waals surface area contributed by atoms with Gasteiger partial charge in [-0.1, -0.05) is 13.8 Å². The lowest BCUT2D eigenvalue weighted by atomic mass is 9.84. The monoisotopic (exact) mass is 263 g/mol. The van der Waals surface area contributed by atoms with Crippen LogP contribution < -0.4 is 5.32 Å². The van der Waals surface area contributed by atoms with Crippen LogP contribution in [0.2, 0.25) is 0 Å². The molecule has 1 aliphatic heterocycles. The fourth-order valence-corrected chi connectivity index (χ4v) is 2.24. The number of carbonyl (C=O) groups excluding carboxylic acids is 1. The Bertz CT molecular complexity index is 230. The topological polar surface area (TPSA) is 47.6 Å². The van der Waals surface area contributed by atoms with Gasteiger partial charge in [0.1, 0.15) is 0 Å². The van der Waals surface area contributed by atoms with Crippen molar-refractivity contribution < 1.29 is 14.3 Å². The molecule has 1 aliphatic rings. The zero-order chi connectivity index (χ0) is 12.7. The van der Waals surface area contributed by atoms with Crippen LogP contribution in [0, 0.1) is 5.41 Å². The van der Waals surface area contributed by atoms with Crippen LogP contribution in [0.25, 0.3) is 0 Å². The summed E-state index contributed by atoms with van der Waals surface area (Å²) in [6.45, 7) is 6.19. The van der Waals surface area contributed by atoms with E-state index in [1.54, 1.807) is 0 Å².